The molecule has 0 atom stereocenters. The fourth-order valence-corrected chi connectivity index (χ4v) is 4.14. The van der Waals surface area contributed by atoms with Crippen molar-refractivity contribution in [1.82, 2.24) is 0 Å². The molecule has 0 N–H and O–H groups in total. The van der Waals surface area contributed by atoms with Crippen molar-refractivity contribution in [3.05, 3.63) is 151 Å². The Kier molecular flexibility index (Phi) is 11.9. The van der Waals surface area contributed by atoms with Crippen molar-refractivity contribution < 1.29 is 20.0 Å². The zero-order valence-corrected chi connectivity index (χ0v) is 21.9. The predicted molar refractivity (Wildman–Crippen MR) is 149 cm³/mol. The van der Waals surface area contributed by atoms with Crippen LogP contribution in [0.5, 0.6) is 0 Å². The van der Waals surface area contributed by atoms with Gasteiger partial charge in [0.15, 0.2) is 0 Å². The molecule has 0 saturated carbocycles. The molecule has 0 nitrogen and oxygen atoms in total. The molecule has 6 rings (SSSR count). The summed E-state index contributed by atoms with van der Waals surface area (Å²) in [7, 11) is 0. The van der Waals surface area contributed by atoms with Crippen LogP contribution in [0.4, 0.5) is 0 Å². The SMILES string of the molecule is Cl.Cl.[C-]1=CC=CC1.[Ti+2]=[C](c1ccccc1)c1ccccc1.c1ccc2c(c1)[cH-]c1ccccc12. The van der Waals surface area contributed by atoms with E-state index < -0.39 is 0 Å². The molecule has 1 aliphatic rings. The maximum atomic E-state index is 2.99. The number of fused-ring (bicyclic) bond motifs is 3. The van der Waals surface area contributed by atoms with Gasteiger partial charge >= 0.3 is 95.6 Å². The fourth-order valence-electron chi connectivity index (χ4n) is 3.62. The third kappa shape index (κ3) is 7.45. The Labute approximate surface area is 226 Å². The van der Waals surface area contributed by atoms with Crippen LogP contribution in [-0.2, 0) is 20.0 Å². The van der Waals surface area contributed by atoms with Gasteiger partial charge in [0.1, 0.15) is 0 Å². The van der Waals surface area contributed by atoms with Gasteiger partial charge in [-0.2, -0.15) is 6.08 Å². The van der Waals surface area contributed by atoms with E-state index in [0.29, 0.717) is 0 Å². The first kappa shape index (κ1) is 27.6. The van der Waals surface area contributed by atoms with Crippen molar-refractivity contribution >= 4 is 50.2 Å². The van der Waals surface area contributed by atoms with E-state index in [1.165, 1.54) is 36.5 Å². The van der Waals surface area contributed by atoms with Crippen LogP contribution >= 0.6 is 24.8 Å². The van der Waals surface area contributed by atoms with Crippen molar-refractivity contribution in [2.75, 3.05) is 0 Å². The molecule has 0 bridgehead atoms. The van der Waals surface area contributed by atoms with Crippen LogP contribution in [0.1, 0.15) is 17.5 Å². The molecule has 34 heavy (non-hydrogen) atoms. The third-order valence-electron chi connectivity index (χ3n) is 5.23. The molecular weight excluding hydrogens is 491 g/mol. The molecule has 0 spiro atoms. The zero-order chi connectivity index (χ0) is 22.0. The van der Waals surface area contributed by atoms with Gasteiger partial charge in [0.25, 0.3) is 0 Å². The largest absolute Gasteiger partial charge is 0.126 e. The fraction of sp³-hybridized carbons (Fsp3) is 0.0323. The normalized spacial score (nSPS) is 10.9. The van der Waals surface area contributed by atoms with Gasteiger partial charge in [-0.25, -0.2) is 12.2 Å². The third-order valence-corrected chi connectivity index (χ3v) is 6.14. The van der Waals surface area contributed by atoms with Crippen molar-refractivity contribution in [2.24, 2.45) is 0 Å². The summed E-state index contributed by atoms with van der Waals surface area (Å²) < 4.78 is 1.33. The quantitative estimate of drug-likeness (QED) is 0.162. The average Bonchev–Trinajstić information content (AvgIpc) is 3.57. The Morgan fingerprint density at radius 3 is 1.44 bits per heavy atom. The van der Waals surface area contributed by atoms with Gasteiger partial charge in [0.2, 0.25) is 0 Å². The van der Waals surface area contributed by atoms with Crippen LogP contribution in [0, 0.1) is 6.08 Å². The molecule has 0 aliphatic heterocycles. The summed E-state index contributed by atoms with van der Waals surface area (Å²) in [5.74, 6) is 0. The summed E-state index contributed by atoms with van der Waals surface area (Å²) in [6.45, 7) is 0. The van der Waals surface area contributed by atoms with E-state index in [1.807, 2.05) is 24.3 Å². The molecule has 1 aliphatic carbocycles. The van der Waals surface area contributed by atoms with Crippen LogP contribution in [0.25, 0.3) is 21.5 Å². The molecule has 0 saturated heterocycles. The first-order chi connectivity index (χ1) is 15.8. The second-order valence-corrected chi connectivity index (χ2v) is 8.21. The maximum Gasteiger partial charge on any atom is -0.0771 e. The van der Waals surface area contributed by atoms with Crippen LogP contribution in [0.15, 0.2) is 133 Å². The number of rotatable bonds is 2. The van der Waals surface area contributed by atoms with E-state index >= 15 is 0 Å². The van der Waals surface area contributed by atoms with E-state index in [9.17, 15) is 0 Å². The molecule has 0 radical (unpaired) electrons. The Balaban J connectivity index is 0.000000191. The molecule has 0 heterocycles. The van der Waals surface area contributed by atoms with Crippen LogP contribution in [0.3, 0.4) is 0 Å². The number of hydrogen-bond acceptors (Lipinski definition) is 0. The van der Waals surface area contributed by atoms with Crippen LogP contribution in [-0.4, -0.2) is 3.81 Å². The van der Waals surface area contributed by atoms with Gasteiger partial charge in [-0.3, -0.25) is 6.08 Å². The van der Waals surface area contributed by atoms with Crippen molar-refractivity contribution in [1.29, 1.82) is 0 Å². The number of benzene rings is 4. The number of halogens is 2. The second-order valence-electron chi connectivity index (χ2n) is 7.43. The predicted octanol–water partition coefficient (Wildman–Crippen LogP) is 8.66. The van der Waals surface area contributed by atoms with Gasteiger partial charge in [-0.05, 0) is 0 Å². The first-order valence-electron chi connectivity index (χ1n) is 10.8. The number of hydrogen-bond donors (Lipinski definition) is 0. The van der Waals surface area contributed by atoms with E-state index in [1.54, 1.807) is 0 Å². The van der Waals surface area contributed by atoms with Gasteiger partial charge in [-0.1, -0.05) is 36.4 Å². The summed E-state index contributed by atoms with van der Waals surface area (Å²) in [5.41, 5.74) is 2.58. The molecule has 0 aromatic heterocycles. The molecular formula is C31H26Cl2Ti. The first-order valence-corrected chi connectivity index (χ1v) is 11.6. The second kappa shape index (κ2) is 14.6. The Hall–Kier alpha value is -2.61. The summed E-state index contributed by atoms with van der Waals surface area (Å²) in [6, 6.07) is 40.2. The van der Waals surface area contributed by atoms with E-state index in [-0.39, 0.29) is 24.8 Å². The summed E-state index contributed by atoms with van der Waals surface area (Å²) in [4.78, 5) is 0. The zero-order valence-electron chi connectivity index (χ0n) is 18.7. The van der Waals surface area contributed by atoms with Crippen LogP contribution in [0.2, 0.25) is 0 Å². The molecule has 5 aromatic carbocycles. The molecule has 0 amide bonds. The molecule has 3 heteroatoms. The summed E-state index contributed by atoms with van der Waals surface area (Å²) in [6.07, 6.45) is 10.0. The van der Waals surface area contributed by atoms with Crippen molar-refractivity contribution in [3.63, 3.8) is 0 Å². The average molecular weight is 517 g/mol. The topological polar surface area (TPSA) is 0 Å². The van der Waals surface area contributed by atoms with Gasteiger partial charge in [0, 0.05) is 0 Å². The van der Waals surface area contributed by atoms with E-state index in [0.717, 1.165) is 6.42 Å². The van der Waals surface area contributed by atoms with E-state index in [2.05, 4.69) is 135 Å². The minimum atomic E-state index is 0. The minimum Gasteiger partial charge on any atom is -0.126 e. The van der Waals surface area contributed by atoms with Crippen molar-refractivity contribution in [3.8, 4) is 0 Å². The monoisotopic (exact) mass is 516 g/mol. The smallest absolute Gasteiger partial charge is 0.0771 e. The van der Waals surface area contributed by atoms with Gasteiger partial charge in [0.05, 0.1) is 0 Å². The Bertz CT molecular complexity index is 1250. The molecule has 0 fully saturated rings. The Morgan fingerprint density at radius 1 is 0.618 bits per heavy atom. The maximum absolute atomic E-state index is 2.99. The summed E-state index contributed by atoms with van der Waals surface area (Å²) >= 11 is 2.16. The molecule has 168 valence electrons. The molecule has 0 unspecified atom stereocenters. The standard InChI is InChI=1S/C13H9.C13H10.C5H5.2ClH.Ti/c1-3-7-12-10(5-1)9-11-6-2-4-8-13(11)12;1-3-7-12(8-4-1)11-13-9-5-2-6-10-13;1-2-4-5-3-1;;;/h1-9H;1-10H;1-3H,4H2;2*1H;/q-1;;-1;;;+2. The Morgan fingerprint density at radius 2 is 1.06 bits per heavy atom. The molecule has 5 aromatic rings. The summed E-state index contributed by atoms with van der Waals surface area (Å²) in [5, 5.41) is 5.39. The van der Waals surface area contributed by atoms with Crippen LogP contribution < -0.4 is 0 Å². The van der Waals surface area contributed by atoms with Crippen molar-refractivity contribution in [2.45, 2.75) is 6.42 Å². The van der Waals surface area contributed by atoms with E-state index in [4.69, 9.17) is 0 Å². The minimum absolute atomic E-state index is 0. The van der Waals surface area contributed by atoms with Gasteiger partial charge in [-0.15, -0.1) is 71.0 Å². The number of allylic oxidation sites excluding steroid dienone is 4. The van der Waals surface area contributed by atoms with Gasteiger partial charge < -0.3 is 0 Å².